The van der Waals surface area contributed by atoms with Gasteiger partial charge in [0.2, 0.25) is 0 Å². The Hall–Kier alpha value is -2.07. The monoisotopic (exact) mass is 235 g/mol. The van der Waals surface area contributed by atoms with Gasteiger partial charge in [0.15, 0.2) is 0 Å². The molecule has 0 amide bonds. The van der Waals surface area contributed by atoms with Crippen LogP contribution in [0.5, 0.6) is 0 Å². The van der Waals surface area contributed by atoms with E-state index in [1.807, 2.05) is 25.1 Å². The maximum Gasteiger partial charge on any atom is 0.0834 e. The molecular weight excluding hydrogens is 218 g/mol. The maximum atomic E-state index is 9.52. The summed E-state index contributed by atoms with van der Waals surface area (Å²) in [6.07, 6.45) is 0.743. The van der Waals surface area contributed by atoms with Crippen molar-refractivity contribution in [3.05, 3.63) is 71.3 Å². The molecule has 0 radical (unpaired) electrons. The lowest BCUT2D eigenvalue weighted by molar-refractivity contribution is 0.606. The Morgan fingerprint density at radius 3 is 2.17 bits per heavy atom. The van der Waals surface area contributed by atoms with Crippen LogP contribution in [-0.4, -0.2) is 0 Å². The molecule has 90 valence electrons. The van der Waals surface area contributed by atoms with Crippen molar-refractivity contribution in [2.75, 3.05) is 0 Å². The predicted octanol–water partition coefficient (Wildman–Crippen LogP) is 4.02. The van der Waals surface area contributed by atoms with Crippen molar-refractivity contribution >= 4 is 0 Å². The first-order chi connectivity index (χ1) is 8.64. The second-order valence-electron chi connectivity index (χ2n) is 4.97. The Kier molecular flexibility index (Phi) is 3.48. The van der Waals surface area contributed by atoms with Crippen LogP contribution >= 0.6 is 0 Å². The zero-order valence-electron chi connectivity index (χ0n) is 10.9. The molecule has 0 spiro atoms. The highest BCUT2D eigenvalue weighted by Crippen LogP contribution is 2.27. The van der Waals surface area contributed by atoms with Crippen LogP contribution in [0.4, 0.5) is 0 Å². The summed E-state index contributed by atoms with van der Waals surface area (Å²) < 4.78 is 0. The lowest BCUT2D eigenvalue weighted by Crippen LogP contribution is -2.22. The first kappa shape index (κ1) is 12.4. The maximum absolute atomic E-state index is 9.52. The van der Waals surface area contributed by atoms with E-state index in [0.717, 1.165) is 12.0 Å². The minimum atomic E-state index is -0.463. The van der Waals surface area contributed by atoms with Crippen molar-refractivity contribution in [3.8, 4) is 6.07 Å². The molecule has 0 N–H and O–H groups in total. The van der Waals surface area contributed by atoms with Gasteiger partial charge in [-0.3, -0.25) is 0 Å². The van der Waals surface area contributed by atoms with Crippen LogP contribution in [-0.2, 0) is 11.8 Å². The predicted molar refractivity (Wildman–Crippen MR) is 74.3 cm³/mol. The van der Waals surface area contributed by atoms with E-state index >= 15 is 0 Å². The van der Waals surface area contributed by atoms with Gasteiger partial charge in [0.05, 0.1) is 11.5 Å². The van der Waals surface area contributed by atoms with E-state index in [4.69, 9.17) is 0 Å². The smallest absolute Gasteiger partial charge is 0.0834 e. The summed E-state index contributed by atoms with van der Waals surface area (Å²) in [6, 6.07) is 20.9. The van der Waals surface area contributed by atoms with Gasteiger partial charge in [0.1, 0.15) is 0 Å². The minimum Gasteiger partial charge on any atom is -0.197 e. The fourth-order valence-electron chi connectivity index (χ4n) is 2.13. The summed E-state index contributed by atoms with van der Waals surface area (Å²) in [5.41, 5.74) is 3.04. The van der Waals surface area contributed by atoms with Gasteiger partial charge in [0.25, 0.3) is 0 Å². The van der Waals surface area contributed by atoms with Crippen LogP contribution in [0, 0.1) is 18.3 Å². The molecular formula is C17H17N. The molecule has 0 aromatic heterocycles. The molecule has 0 aliphatic heterocycles. The third-order valence-electron chi connectivity index (χ3n) is 3.34. The van der Waals surface area contributed by atoms with Crippen molar-refractivity contribution < 1.29 is 0 Å². The van der Waals surface area contributed by atoms with E-state index < -0.39 is 5.41 Å². The SMILES string of the molecule is Cc1ccc(C(C)(C#N)Cc2ccccc2)cc1. The molecule has 0 heterocycles. The molecule has 2 aromatic carbocycles. The molecule has 2 aromatic rings. The first-order valence-corrected chi connectivity index (χ1v) is 6.16. The average molecular weight is 235 g/mol. The van der Waals surface area contributed by atoms with Crippen LogP contribution < -0.4 is 0 Å². The quantitative estimate of drug-likeness (QED) is 0.788. The molecule has 0 aliphatic carbocycles. The number of nitrogens with zero attached hydrogens (tertiary/aromatic N) is 1. The Morgan fingerprint density at radius 2 is 1.61 bits per heavy atom. The largest absolute Gasteiger partial charge is 0.197 e. The lowest BCUT2D eigenvalue weighted by Gasteiger charge is -2.22. The summed E-state index contributed by atoms with van der Waals surface area (Å²) >= 11 is 0. The number of benzene rings is 2. The Bertz CT molecular complexity index is 548. The van der Waals surface area contributed by atoms with Gasteiger partial charge in [-0.05, 0) is 31.4 Å². The second-order valence-corrected chi connectivity index (χ2v) is 4.97. The molecule has 0 saturated carbocycles. The number of aryl methyl sites for hydroxylation is 1. The first-order valence-electron chi connectivity index (χ1n) is 6.16. The van der Waals surface area contributed by atoms with Crippen molar-refractivity contribution in [1.82, 2.24) is 0 Å². The lowest BCUT2D eigenvalue weighted by atomic mass is 9.78. The minimum absolute atomic E-state index is 0.463. The van der Waals surface area contributed by atoms with Gasteiger partial charge >= 0.3 is 0 Å². The van der Waals surface area contributed by atoms with Crippen LogP contribution in [0.2, 0.25) is 0 Å². The molecule has 1 heteroatoms. The highest BCUT2D eigenvalue weighted by atomic mass is 14.4. The average Bonchev–Trinajstić information content (AvgIpc) is 2.40. The van der Waals surface area contributed by atoms with E-state index in [9.17, 15) is 5.26 Å². The molecule has 0 aliphatic rings. The fraction of sp³-hybridized carbons (Fsp3) is 0.235. The summed E-state index contributed by atoms with van der Waals surface area (Å²) in [6.45, 7) is 4.06. The third kappa shape index (κ3) is 2.60. The molecule has 1 atom stereocenters. The zero-order valence-corrected chi connectivity index (χ0v) is 10.9. The normalized spacial score (nSPS) is 13.6. The van der Waals surface area contributed by atoms with Gasteiger partial charge in [-0.25, -0.2) is 0 Å². The number of hydrogen-bond donors (Lipinski definition) is 0. The summed E-state index contributed by atoms with van der Waals surface area (Å²) in [5.74, 6) is 0. The standard InChI is InChI=1S/C17H17N/c1-14-8-10-16(11-9-14)17(2,13-18)12-15-6-4-3-5-7-15/h3-11H,12H2,1-2H3. The van der Waals surface area contributed by atoms with Crippen LogP contribution in [0.25, 0.3) is 0 Å². The highest BCUT2D eigenvalue weighted by Gasteiger charge is 2.26. The van der Waals surface area contributed by atoms with E-state index in [0.29, 0.717) is 0 Å². The summed E-state index contributed by atoms with van der Waals surface area (Å²) in [4.78, 5) is 0. The van der Waals surface area contributed by atoms with Gasteiger partial charge < -0.3 is 0 Å². The number of rotatable bonds is 3. The molecule has 0 saturated heterocycles. The van der Waals surface area contributed by atoms with Crippen LogP contribution in [0.3, 0.4) is 0 Å². The molecule has 0 bridgehead atoms. The van der Waals surface area contributed by atoms with E-state index in [-0.39, 0.29) is 0 Å². The fourth-order valence-corrected chi connectivity index (χ4v) is 2.13. The number of nitriles is 1. The Labute approximate surface area is 109 Å². The van der Waals surface area contributed by atoms with Gasteiger partial charge in [-0.1, -0.05) is 60.2 Å². The van der Waals surface area contributed by atoms with Crippen molar-refractivity contribution in [1.29, 1.82) is 5.26 Å². The van der Waals surface area contributed by atoms with Crippen molar-refractivity contribution in [2.24, 2.45) is 0 Å². The third-order valence-corrected chi connectivity index (χ3v) is 3.34. The van der Waals surface area contributed by atoms with Crippen molar-refractivity contribution in [3.63, 3.8) is 0 Å². The molecule has 0 fully saturated rings. The Balaban J connectivity index is 2.32. The van der Waals surface area contributed by atoms with E-state index in [2.05, 4.69) is 49.4 Å². The van der Waals surface area contributed by atoms with Crippen molar-refractivity contribution in [2.45, 2.75) is 25.7 Å². The zero-order chi connectivity index (χ0) is 13.0. The van der Waals surface area contributed by atoms with E-state index in [1.165, 1.54) is 11.1 Å². The highest BCUT2D eigenvalue weighted by molar-refractivity contribution is 5.36. The topological polar surface area (TPSA) is 23.8 Å². The second kappa shape index (κ2) is 5.06. The summed E-state index contributed by atoms with van der Waals surface area (Å²) in [5, 5.41) is 9.52. The molecule has 1 unspecified atom stereocenters. The number of hydrogen-bond acceptors (Lipinski definition) is 1. The van der Waals surface area contributed by atoms with Crippen LogP contribution in [0.15, 0.2) is 54.6 Å². The molecule has 2 rings (SSSR count). The molecule has 1 nitrogen and oxygen atoms in total. The van der Waals surface area contributed by atoms with Crippen LogP contribution in [0.1, 0.15) is 23.6 Å². The van der Waals surface area contributed by atoms with Gasteiger partial charge in [0, 0.05) is 0 Å². The summed E-state index contributed by atoms with van der Waals surface area (Å²) in [7, 11) is 0. The van der Waals surface area contributed by atoms with Gasteiger partial charge in [-0.15, -0.1) is 0 Å². The molecule has 18 heavy (non-hydrogen) atoms. The van der Waals surface area contributed by atoms with E-state index in [1.54, 1.807) is 0 Å². The Morgan fingerprint density at radius 1 is 1.00 bits per heavy atom. The van der Waals surface area contributed by atoms with Gasteiger partial charge in [-0.2, -0.15) is 5.26 Å².